The van der Waals surface area contributed by atoms with Crippen LogP contribution in [0.25, 0.3) is 0 Å². The van der Waals surface area contributed by atoms with Gasteiger partial charge < -0.3 is 34.1 Å². The number of hydrogen-bond acceptors (Lipinski definition) is 7. The van der Waals surface area contributed by atoms with E-state index in [1.54, 1.807) is 51.5 Å². The standard InChI is InChI=1S/C31H43N3O6/c1-19-13-20(2)18-34(17-19)12-8-11-32-30(35)28-22-15-26(39-6)27(40-7)16-23(22)31(36)33(3)29(28)21-9-10-24(37-4)25(14-21)38-5/h9-10,14-16,19-20,28-29H,8,11-13,17-18H2,1-7H3,(H,32,35)/t19-,20+,28-,29-/m1/s1. The fourth-order valence-electron chi connectivity index (χ4n) is 6.38. The van der Waals surface area contributed by atoms with Crippen LogP contribution >= 0.6 is 0 Å². The number of rotatable bonds is 10. The maximum Gasteiger partial charge on any atom is 0.254 e. The van der Waals surface area contributed by atoms with E-state index in [4.69, 9.17) is 18.9 Å². The molecule has 2 aromatic rings. The third-order valence-electron chi connectivity index (χ3n) is 8.10. The second kappa shape index (κ2) is 12.8. The Morgan fingerprint density at radius 2 is 1.50 bits per heavy atom. The molecular weight excluding hydrogens is 510 g/mol. The molecule has 2 heterocycles. The van der Waals surface area contributed by atoms with E-state index >= 15 is 0 Å². The largest absolute Gasteiger partial charge is 0.493 e. The van der Waals surface area contributed by atoms with Crippen LogP contribution in [0.3, 0.4) is 0 Å². The number of piperidine rings is 1. The van der Waals surface area contributed by atoms with E-state index in [0.717, 1.165) is 31.6 Å². The first kappa shape index (κ1) is 29.5. The number of methoxy groups -OCH3 is 4. The van der Waals surface area contributed by atoms with Gasteiger partial charge in [0.25, 0.3) is 5.91 Å². The zero-order chi connectivity index (χ0) is 29.0. The molecule has 4 atom stereocenters. The second-order valence-electron chi connectivity index (χ2n) is 11.1. The van der Waals surface area contributed by atoms with Gasteiger partial charge in [-0.3, -0.25) is 9.59 Å². The van der Waals surface area contributed by atoms with Crippen molar-refractivity contribution < 1.29 is 28.5 Å². The number of carbonyl (C=O) groups excluding carboxylic acids is 2. The average molecular weight is 554 g/mol. The van der Waals surface area contributed by atoms with Crippen LogP contribution < -0.4 is 24.3 Å². The number of nitrogens with one attached hydrogen (secondary N) is 1. The Balaban J connectivity index is 1.65. The molecule has 0 unspecified atom stereocenters. The van der Waals surface area contributed by atoms with E-state index in [1.165, 1.54) is 13.5 Å². The number of fused-ring (bicyclic) bond motifs is 1. The van der Waals surface area contributed by atoms with Crippen LogP contribution in [0.2, 0.25) is 0 Å². The first-order valence-electron chi connectivity index (χ1n) is 14.0. The van der Waals surface area contributed by atoms with E-state index < -0.39 is 12.0 Å². The van der Waals surface area contributed by atoms with Gasteiger partial charge in [0.2, 0.25) is 5.91 Å². The van der Waals surface area contributed by atoms with Gasteiger partial charge in [0, 0.05) is 32.2 Å². The lowest BCUT2D eigenvalue weighted by atomic mass is 9.79. The lowest BCUT2D eigenvalue weighted by Crippen LogP contribution is -2.46. The fourth-order valence-corrected chi connectivity index (χ4v) is 6.38. The summed E-state index contributed by atoms with van der Waals surface area (Å²) in [5.41, 5.74) is 1.80. The average Bonchev–Trinajstić information content (AvgIpc) is 2.95. The highest BCUT2D eigenvalue weighted by molar-refractivity contribution is 6.02. The van der Waals surface area contributed by atoms with E-state index in [0.29, 0.717) is 52.5 Å². The van der Waals surface area contributed by atoms with Gasteiger partial charge >= 0.3 is 0 Å². The number of ether oxygens (including phenoxy) is 4. The van der Waals surface area contributed by atoms with Crippen LogP contribution in [-0.2, 0) is 4.79 Å². The Morgan fingerprint density at radius 3 is 2.12 bits per heavy atom. The summed E-state index contributed by atoms with van der Waals surface area (Å²) >= 11 is 0. The molecule has 40 heavy (non-hydrogen) atoms. The minimum absolute atomic E-state index is 0.145. The Labute approximate surface area is 237 Å². The summed E-state index contributed by atoms with van der Waals surface area (Å²) in [6.07, 6.45) is 2.12. The van der Waals surface area contributed by atoms with Gasteiger partial charge in [-0.15, -0.1) is 0 Å². The molecule has 9 heteroatoms. The topological polar surface area (TPSA) is 89.6 Å². The van der Waals surface area contributed by atoms with E-state index in [1.807, 2.05) is 12.1 Å². The van der Waals surface area contributed by atoms with Crippen LogP contribution in [0, 0.1) is 11.8 Å². The van der Waals surface area contributed by atoms with Crippen molar-refractivity contribution in [3.8, 4) is 23.0 Å². The minimum atomic E-state index is -0.675. The van der Waals surface area contributed by atoms with Crippen molar-refractivity contribution in [2.75, 3.05) is 61.7 Å². The summed E-state index contributed by atoms with van der Waals surface area (Å²) in [5, 5.41) is 3.18. The molecule has 2 aromatic carbocycles. The monoisotopic (exact) mass is 553 g/mol. The maximum atomic E-state index is 14.0. The van der Waals surface area contributed by atoms with Crippen molar-refractivity contribution in [2.24, 2.45) is 11.8 Å². The number of hydrogen-bond donors (Lipinski definition) is 1. The molecule has 2 aliphatic heterocycles. The van der Waals surface area contributed by atoms with Gasteiger partial charge in [-0.2, -0.15) is 0 Å². The molecule has 2 aliphatic rings. The third-order valence-corrected chi connectivity index (χ3v) is 8.10. The van der Waals surface area contributed by atoms with Crippen molar-refractivity contribution in [2.45, 2.75) is 38.6 Å². The first-order chi connectivity index (χ1) is 19.2. The molecule has 0 bridgehead atoms. The van der Waals surface area contributed by atoms with E-state index in [2.05, 4.69) is 24.1 Å². The second-order valence-corrected chi connectivity index (χ2v) is 11.1. The van der Waals surface area contributed by atoms with Crippen LogP contribution in [0.15, 0.2) is 30.3 Å². The molecule has 4 rings (SSSR count). The number of likely N-dealkylation sites (N-methyl/N-ethyl adjacent to an activating group) is 1. The predicted octanol–water partition coefficient (Wildman–Crippen LogP) is 4.12. The molecule has 1 saturated heterocycles. The molecule has 2 amide bonds. The quantitative estimate of drug-likeness (QED) is 0.443. The number of amides is 2. The van der Waals surface area contributed by atoms with E-state index in [9.17, 15) is 9.59 Å². The highest BCUT2D eigenvalue weighted by atomic mass is 16.5. The number of likely N-dealkylation sites (tertiary alicyclic amines) is 1. The van der Waals surface area contributed by atoms with Crippen molar-refractivity contribution in [3.05, 3.63) is 47.0 Å². The molecule has 9 nitrogen and oxygen atoms in total. The van der Waals surface area contributed by atoms with Crippen molar-refractivity contribution in [1.82, 2.24) is 15.1 Å². The predicted molar refractivity (Wildman–Crippen MR) is 154 cm³/mol. The normalized spacial score (nSPS) is 22.9. The molecule has 0 saturated carbocycles. The van der Waals surface area contributed by atoms with Gasteiger partial charge in [-0.1, -0.05) is 19.9 Å². The molecule has 1 N–H and O–H groups in total. The SMILES string of the molecule is COc1ccc([C@@H]2[C@H](C(=O)NCCCN3C[C@H](C)C[C@H](C)C3)c3cc(OC)c(OC)cc3C(=O)N2C)cc1OC. The maximum absolute atomic E-state index is 14.0. The Hall–Kier alpha value is -3.46. The van der Waals surface area contributed by atoms with Crippen molar-refractivity contribution >= 4 is 11.8 Å². The summed E-state index contributed by atoms with van der Waals surface area (Å²) in [5.74, 6) is 2.38. The molecule has 0 aliphatic carbocycles. The molecule has 218 valence electrons. The lowest BCUT2D eigenvalue weighted by Gasteiger charge is -2.40. The van der Waals surface area contributed by atoms with Crippen molar-refractivity contribution in [3.63, 3.8) is 0 Å². The first-order valence-corrected chi connectivity index (χ1v) is 14.0. The molecule has 0 aromatic heterocycles. The van der Waals surface area contributed by atoms with E-state index in [-0.39, 0.29) is 11.8 Å². The Bertz CT molecular complexity index is 1210. The van der Waals surface area contributed by atoms with Gasteiger partial charge in [0.15, 0.2) is 23.0 Å². The van der Waals surface area contributed by atoms with Crippen LogP contribution in [0.5, 0.6) is 23.0 Å². The lowest BCUT2D eigenvalue weighted by molar-refractivity contribution is -0.124. The highest BCUT2D eigenvalue weighted by Crippen LogP contribution is 2.46. The Morgan fingerprint density at radius 1 is 0.900 bits per heavy atom. The number of benzene rings is 2. The smallest absolute Gasteiger partial charge is 0.254 e. The van der Waals surface area contributed by atoms with Gasteiger partial charge in [0.1, 0.15) is 0 Å². The van der Waals surface area contributed by atoms with Crippen LogP contribution in [0.4, 0.5) is 0 Å². The summed E-state index contributed by atoms with van der Waals surface area (Å²) in [6, 6.07) is 8.36. The summed E-state index contributed by atoms with van der Waals surface area (Å²) < 4.78 is 22.0. The van der Waals surface area contributed by atoms with Crippen LogP contribution in [0.1, 0.15) is 60.1 Å². The summed E-state index contributed by atoms with van der Waals surface area (Å²) in [6.45, 7) is 8.31. The fraction of sp³-hybridized carbons (Fsp3) is 0.548. The third kappa shape index (κ3) is 5.99. The zero-order valence-electron chi connectivity index (χ0n) is 24.8. The van der Waals surface area contributed by atoms with Gasteiger partial charge in [0.05, 0.1) is 40.4 Å². The highest BCUT2D eigenvalue weighted by Gasteiger charge is 2.43. The minimum Gasteiger partial charge on any atom is -0.493 e. The molecule has 0 radical (unpaired) electrons. The van der Waals surface area contributed by atoms with Crippen LogP contribution in [-0.4, -0.2) is 83.3 Å². The zero-order valence-corrected chi connectivity index (χ0v) is 24.8. The molecular formula is C31H43N3O6. The molecule has 0 spiro atoms. The number of carbonyl (C=O) groups is 2. The summed E-state index contributed by atoms with van der Waals surface area (Å²) in [7, 11) is 7.94. The Kier molecular flexibility index (Phi) is 9.45. The van der Waals surface area contributed by atoms with Gasteiger partial charge in [-0.05, 0) is 66.6 Å². The number of nitrogens with zero attached hydrogens (tertiary/aromatic N) is 2. The summed E-state index contributed by atoms with van der Waals surface area (Å²) in [4.78, 5) is 31.7. The molecule has 1 fully saturated rings. The van der Waals surface area contributed by atoms with Gasteiger partial charge in [-0.25, -0.2) is 0 Å². The van der Waals surface area contributed by atoms with Crippen molar-refractivity contribution in [1.29, 1.82) is 0 Å².